The molecule has 4 nitrogen and oxygen atoms in total. The third kappa shape index (κ3) is 6.62. The maximum atomic E-state index is 13.7. The summed E-state index contributed by atoms with van der Waals surface area (Å²) in [6.07, 6.45) is 0.557. The number of amides is 2. The molecule has 3 aromatic carbocycles. The Balaban J connectivity index is 2.01. The van der Waals surface area contributed by atoms with E-state index in [1.54, 1.807) is 23.1 Å². The molecule has 0 fully saturated rings. The van der Waals surface area contributed by atoms with Gasteiger partial charge in [0.05, 0.1) is 6.42 Å². The Labute approximate surface area is 211 Å². The van der Waals surface area contributed by atoms with Crippen LogP contribution in [0.4, 0.5) is 0 Å². The first-order valence-corrected chi connectivity index (χ1v) is 12.2. The van der Waals surface area contributed by atoms with Crippen LogP contribution in [0.3, 0.4) is 0 Å². The minimum Gasteiger partial charge on any atom is -0.355 e. The molecule has 0 spiro atoms. The lowest BCUT2D eigenvalue weighted by Gasteiger charge is -2.32. The van der Waals surface area contributed by atoms with Gasteiger partial charge >= 0.3 is 0 Å². The van der Waals surface area contributed by atoms with Gasteiger partial charge in [-0.05, 0) is 55.2 Å². The lowest BCUT2D eigenvalue weighted by atomic mass is 10.00. The molecule has 3 aromatic rings. The van der Waals surface area contributed by atoms with Gasteiger partial charge < -0.3 is 10.2 Å². The minimum atomic E-state index is -0.714. The van der Waals surface area contributed by atoms with Crippen molar-refractivity contribution in [1.82, 2.24) is 10.2 Å². The number of benzene rings is 3. The molecule has 0 unspecified atom stereocenters. The standard InChI is InChI=1S/C28H30Cl2N2O2/c1-4-31-28(34)26(16-21-9-6-5-7-10-21)32(18-23-24(29)11-8-12-25(23)30)27(33)17-22-14-13-19(2)20(3)15-22/h5-15,26H,4,16-18H2,1-3H3,(H,31,34)/t26-/m0/s1. The monoisotopic (exact) mass is 496 g/mol. The average Bonchev–Trinajstić information content (AvgIpc) is 2.81. The lowest BCUT2D eigenvalue weighted by molar-refractivity contribution is -0.140. The molecule has 0 heterocycles. The van der Waals surface area contributed by atoms with Gasteiger partial charge in [0.2, 0.25) is 11.8 Å². The van der Waals surface area contributed by atoms with Gasteiger partial charge in [-0.2, -0.15) is 0 Å². The largest absolute Gasteiger partial charge is 0.355 e. The molecule has 0 aliphatic carbocycles. The number of nitrogens with one attached hydrogen (secondary N) is 1. The van der Waals surface area contributed by atoms with Crippen LogP contribution in [0.25, 0.3) is 0 Å². The number of hydrogen-bond acceptors (Lipinski definition) is 2. The molecule has 1 N–H and O–H groups in total. The predicted octanol–water partition coefficient (Wildman–Crippen LogP) is 5.93. The minimum absolute atomic E-state index is 0.136. The van der Waals surface area contributed by atoms with Crippen LogP contribution in [0.15, 0.2) is 66.7 Å². The summed E-state index contributed by atoms with van der Waals surface area (Å²) in [5.41, 5.74) is 4.78. The van der Waals surface area contributed by atoms with Crippen LogP contribution in [0.1, 0.15) is 34.7 Å². The van der Waals surface area contributed by atoms with Crippen molar-refractivity contribution in [2.24, 2.45) is 0 Å². The Bertz CT molecular complexity index is 1130. The molecule has 0 saturated carbocycles. The Morgan fingerprint density at radius 3 is 2.18 bits per heavy atom. The molecule has 6 heteroatoms. The van der Waals surface area contributed by atoms with E-state index in [1.165, 1.54) is 5.56 Å². The first-order valence-electron chi connectivity index (χ1n) is 11.4. The van der Waals surface area contributed by atoms with E-state index in [0.29, 0.717) is 28.6 Å². The van der Waals surface area contributed by atoms with E-state index in [-0.39, 0.29) is 24.8 Å². The summed E-state index contributed by atoms with van der Waals surface area (Å²) < 4.78 is 0. The molecular formula is C28H30Cl2N2O2. The first-order chi connectivity index (χ1) is 16.3. The normalized spacial score (nSPS) is 11.7. The summed E-state index contributed by atoms with van der Waals surface area (Å²) in [7, 11) is 0. The quantitative estimate of drug-likeness (QED) is 0.399. The number of hydrogen-bond donors (Lipinski definition) is 1. The highest BCUT2D eigenvalue weighted by Gasteiger charge is 2.31. The van der Waals surface area contributed by atoms with Gasteiger partial charge in [-0.3, -0.25) is 9.59 Å². The van der Waals surface area contributed by atoms with E-state index in [9.17, 15) is 9.59 Å². The zero-order valence-electron chi connectivity index (χ0n) is 19.8. The van der Waals surface area contributed by atoms with Crippen molar-refractivity contribution >= 4 is 35.0 Å². The molecule has 0 aliphatic rings. The zero-order valence-corrected chi connectivity index (χ0v) is 21.3. The molecular weight excluding hydrogens is 467 g/mol. The van der Waals surface area contributed by atoms with Crippen molar-refractivity contribution in [3.63, 3.8) is 0 Å². The summed E-state index contributed by atoms with van der Waals surface area (Å²) in [4.78, 5) is 28.6. The van der Waals surface area contributed by atoms with Crippen LogP contribution in [0.2, 0.25) is 10.0 Å². The molecule has 2 amide bonds. The van der Waals surface area contributed by atoms with Crippen molar-refractivity contribution in [3.05, 3.63) is 105 Å². The molecule has 34 heavy (non-hydrogen) atoms. The van der Waals surface area contributed by atoms with E-state index in [4.69, 9.17) is 23.2 Å². The fourth-order valence-electron chi connectivity index (χ4n) is 3.89. The van der Waals surface area contributed by atoms with Crippen molar-refractivity contribution in [2.45, 2.75) is 46.2 Å². The van der Waals surface area contributed by atoms with Crippen LogP contribution in [-0.4, -0.2) is 29.3 Å². The number of likely N-dealkylation sites (N-methyl/N-ethyl adjacent to an activating group) is 1. The second kappa shape index (κ2) is 12.0. The number of carbonyl (C=O) groups excluding carboxylic acids is 2. The Hall–Kier alpha value is -2.82. The molecule has 178 valence electrons. The smallest absolute Gasteiger partial charge is 0.243 e. The summed E-state index contributed by atoms with van der Waals surface area (Å²) in [6, 6.07) is 20.2. The molecule has 0 aromatic heterocycles. The third-order valence-corrected chi connectivity index (χ3v) is 6.65. The highest BCUT2D eigenvalue weighted by molar-refractivity contribution is 6.36. The average molecular weight is 497 g/mol. The van der Waals surface area contributed by atoms with Crippen LogP contribution in [0, 0.1) is 13.8 Å². The van der Waals surface area contributed by atoms with Crippen LogP contribution >= 0.6 is 23.2 Å². The van der Waals surface area contributed by atoms with E-state index in [1.807, 2.05) is 69.3 Å². The molecule has 1 atom stereocenters. The van der Waals surface area contributed by atoms with Gasteiger partial charge in [-0.1, -0.05) is 77.8 Å². The van der Waals surface area contributed by atoms with Crippen LogP contribution in [-0.2, 0) is 29.0 Å². The summed E-state index contributed by atoms with van der Waals surface area (Å²) in [6.45, 7) is 6.53. The number of carbonyl (C=O) groups is 2. The van der Waals surface area contributed by atoms with Gasteiger partial charge in [0, 0.05) is 35.1 Å². The number of nitrogens with zero attached hydrogens (tertiary/aromatic N) is 1. The Morgan fingerprint density at radius 1 is 0.882 bits per heavy atom. The van der Waals surface area contributed by atoms with Crippen molar-refractivity contribution in [2.75, 3.05) is 6.54 Å². The molecule has 0 saturated heterocycles. The molecule has 3 rings (SSSR count). The third-order valence-electron chi connectivity index (χ3n) is 5.94. The zero-order chi connectivity index (χ0) is 24.7. The first kappa shape index (κ1) is 25.8. The van der Waals surface area contributed by atoms with Gasteiger partial charge in [-0.25, -0.2) is 0 Å². The molecule has 0 aliphatic heterocycles. The van der Waals surface area contributed by atoms with E-state index in [0.717, 1.165) is 16.7 Å². The second-order valence-corrected chi connectivity index (χ2v) is 9.23. The fraction of sp³-hybridized carbons (Fsp3) is 0.286. The lowest BCUT2D eigenvalue weighted by Crippen LogP contribution is -2.51. The molecule has 0 radical (unpaired) electrons. The van der Waals surface area contributed by atoms with Crippen molar-refractivity contribution in [3.8, 4) is 0 Å². The van der Waals surface area contributed by atoms with Gasteiger partial charge in [-0.15, -0.1) is 0 Å². The van der Waals surface area contributed by atoms with E-state index >= 15 is 0 Å². The predicted molar refractivity (Wildman–Crippen MR) is 139 cm³/mol. The van der Waals surface area contributed by atoms with Gasteiger partial charge in [0.15, 0.2) is 0 Å². The van der Waals surface area contributed by atoms with Gasteiger partial charge in [0.25, 0.3) is 0 Å². The van der Waals surface area contributed by atoms with E-state index in [2.05, 4.69) is 5.32 Å². The summed E-state index contributed by atoms with van der Waals surface area (Å²) in [5.74, 6) is -0.366. The van der Waals surface area contributed by atoms with Crippen molar-refractivity contribution in [1.29, 1.82) is 0 Å². The topological polar surface area (TPSA) is 49.4 Å². The maximum absolute atomic E-state index is 13.7. The summed E-state index contributed by atoms with van der Waals surface area (Å²) in [5, 5.41) is 3.83. The van der Waals surface area contributed by atoms with Crippen molar-refractivity contribution < 1.29 is 9.59 Å². The SMILES string of the molecule is CCNC(=O)[C@H](Cc1ccccc1)N(Cc1c(Cl)cccc1Cl)C(=O)Cc1ccc(C)c(C)c1. The van der Waals surface area contributed by atoms with Crippen LogP contribution < -0.4 is 5.32 Å². The number of aryl methyl sites for hydroxylation is 2. The van der Waals surface area contributed by atoms with Crippen LogP contribution in [0.5, 0.6) is 0 Å². The van der Waals surface area contributed by atoms with E-state index < -0.39 is 6.04 Å². The Morgan fingerprint density at radius 2 is 1.56 bits per heavy atom. The maximum Gasteiger partial charge on any atom is 0.243 e. The highest BCUT2D eigenvalue weighted by atomic mass is 35.5. The Kier molecular flexibility index (Phi) is 9.14. The number of rotatable bonds is 9. The molecule has 0 bridgehead atoms. The number of halogens is 2. The second-order valence-electron chi connectivity index (χ2n) is 8.42. The fourth-order valence-corrected chi connectivity index (χ4v) is 4.41. The highest BCUT2D eigenvalue weighted by Crippen LogP contribution is 2.27. The van der Waals surface area contributed by atoms with Gasteiger partial charge in [0.1, 0.15) is 6.04 Å². The summed E-state index contributed by atoms with van der Waals surface area (Å²) >= 11 is 12.9.